The summed E-state index contributed by atoms with van der Waals surface area (Å²) in [4.78, 5) is 24.3. The Bertz CT molecular complexity index is 686. The van der Waals surface area contributed by atoms with Crippen LogP contribution in [0.15, 0.2) is 12.2 Å². The molecule has 1 aromatic heterocycles. The van der Waals surface area contributed by atoms with Gasteiger partial charge in [0, 0.05) is 17.5 Å². The quantitative estimate of drug-likeness (QED) is 0.632. The lowest BCUT2D eigenvalue weighted by Gasteiger charge is -2.28. The van der Waals surface area contributed by atoms with E-state index < -0.39 is 0 Å². The van der Waals surface area contributed by atoms with Crippen molar-refractivity contribution in [1.82, 2.24) is 20.8 Å². The smallest absolute Gasteiger partial charge is 0.249 e. The minimum Gasteiger partial charge on any atom is -0.349 e. The Labute approximate surface area is 158 Å². The number of hydrogen-bond acceptors (Lipinski definition) is 6. The third kappa shape index (κ3) is 5.35. The summed E-state index contributed by atoms with van der Waals surface area (Å²) >= 11 is 1.38. The monoisotopic (exact) mass is 377 g/mol. The van der Waals surface area contributed by atoms with Gasteiger partial charge in [0.05, 0.1) is 6.04 Å². The van der Waals surface area contributed by atoms with Crippen LogP contribution in [0, 0.1) is 5.92 Å². The number of aromatic nitrogens is 2. The third-order valence-electron chi connectivity index (χ3n) is 4.53. The lowest BCUT2D eigenvalue weighted by molar-refractivity contribution is -0.125. The highest BCUT2D eigenvalue weighted by Crippen LogP contribution is 2.34. The van der Waals surface area contributed by atoms with Gasteiger partial charge in [0.25, 0.3) is 0 Å². The van der Waals surface area contributed by atoms with Crippen LogP contribution in [0.3, 0.4) is 0 Å². The minimum atomic E-state index is -0.251. The summed E-state index contributed by atoms with van der Waals surface area (Å²) in [6, 6.07) is -0.196. The SMILES string of the molecule is CC(C)(C)c1nnc(NC(=O)/C=C/C(CC2CC2)NC(=O)[C@@H]2CCN2)s1. The first kappa shape index (κ1) is 19.0. The molecule has 2 fully saturated rings. The molecule has 1 aliphatic heterocycles. The van der Waals surface area contributed by atoms with Crippen molar-refractivity contribution in [3.8, 4) is 0 Å². The van der Waals surface area contributed by atoms with Crippen molar-refractivity contribution in [2.75, 3.05) is 11.9 Å². The largest absolute Gasteiger partial charge is 0.349 e. The van der Waals surface area contributed by atoms with Crippen LogP contribution in [0.25, 0.3) is 0 Å². The molecule has 0 bridgehead atoms. The highest BCUT2D eigenvalue weighted by Gasteiger charge is 2.29. The van der Waals surface area contributed by atoms with E-state index in [1.165, 1.54) is 30.3 Å². The van der Waals surface area contributed by atoms with Crippen LogP contribution in [0.2, 0.25) is 0 Å². The number of anilines is 1. The number of nitrogens with zero attached hydrogens (tertiary/aromatic N) is 2. The van der Waals surface area contributed by atoms with Gasteiger partial charge >= 0.3 is 0 Å². The van der Waals surface area contributed by atoms with E-state index in [0.717, 1.165) is 24.4 Å². The molecule has 2 heterocycles. The van der Waals surface area contributed by atoms with Crippen molar-refractivity contribution in [2.45, 2.75) is 64.0 Å². The Morgan fingerprint density at radius 3 is 2.58 bits per heavy atom. The molecule has 26 heavy (non-hydrogen) atoms. The molecule has 142 valence electrons. The van der Waals surface area contributed by atoms with Crippen molar-refractivity contribution < 1.29 is 9.59 Å². The number of hydrogen-bond donors (Lipinski definition) is 3. The van der Waals surface area contributed by atoms with Crippen molar-refractivity contribution in [1.29, 1.82) is 0 Å². The van der Waals surface area contributed by atoms with Crippen LogP contribution in [-0.4, -0.2) is 40.6 Å². The van der Waals surface area contributed by atoms with Crippen LogP contribution in [0.1, 0.15) is 51.5 Å². The van der Waals surface area contributed by atoms with Crippen molar-refractivity contribution in [3.05, 3.63) is 17.2 Å². The Morgan fingerprint density at radius 2 is 2.04 bits per heavy atom. The first-order valence-electron chi connectivity index (χ1n) is 9.18. The molecule has 0 spiro atoms. The summed E-state index contributed by atoms with van der Waals surface area (Å²) < 4.78 is 0. The summed E-state index contributed by atoms with van der Waals surface area (Å²) in [5, 5.41) is 18.4. The molecule has 1 aliphatic carbocycles. The number of carbonyl (C=O) groups excluding carboxylic acids is 2. The van der Waals surface area contributed by atoms with Gasteiger partial charge in [-0.25, -0.2) is 0 Å². The molecular weight excluding hydrogens is 350 g/mol. The summed E-state index contributed by atoms with van der Waals surface area (Å²) in [6.45, 7) is 7.06. The van der Waals surface area contributed by atoms with Crippen molar-refractivity contribution in [2.24, 2.45) is 5.92 Å². The van der Waals surface area contributed by atoms with Crippen molar-refractivity contribution in [3.63, 3.8) is 0 Å². The van der Waals surface area contributed by atoms with Crippen LogP contribution < -0.4 is 16.0 Å². The summed E-state index contributed by atoms with van der Waals surface area (Å²) in [5.74, 6) is 0.421. The zero-order valence-corrected chi connectivity index (χ0v) is 16.4. The number of amides is 2. The Morgan fingerprint density at radius 1 is 1.31 bits per heavy atom. The van der Waals surface area contributed by atoms with E-state index in [1.54, 1.807) is 6.08 Å². The molecule has 1 unspecified atom stereocenters. The minimum absolute atomic E-state index is 0.0194. The average molecular weight is 378 g/mol. The summed E-state index contributed by atoms with van der Waals surface area (Å²) in [6.07, 6.45) is 7.44. The van der Waals surface area contributed by atoms with Gasteiger partial charge in [-0.2, -0.15) is 0 Å². The Hall–Kier alpha value is -1.80. The Balaban J connectivity index is 1.54. The van der Waals surface area contributed by atoms with Gasteiger partial charge < -0.3 is 10.6 Å². The Kier molecular flexibility index (Phi) is 5.72. The molecule has 1 saturated carbocycles. The topological polar surface area (TPSA) is 96.0 Å². The predicted molar refractivity (Wildman–Crippen MR) is 102 cm³/mol. The van der Waals surface area contributed by atoms with E-state index in [9.17, 15) is 9.59 Å². The van der Waals surface area contributed by atoms with Gasteiger partial charge in [-0.05, 0) is 25.3 Å². The zero-order chi connectivity index (χ0) is 18.7. The van der Waals surface area contributed by atoms with Gasteiger partial charge in [0.15, 0.2) is 0 Å². The van der Waals surface area contributed by atoms with E-state index in [2.05, 4.69) is 46.9 Å². The molecule has 3 N–H and O–H groups in total. The first-order chi connectivity index (χ1) is 12.3. The van der Waals surface area contributed by atoms with E-state index in [0.29, 0.717) is 11.0 Å². The molecule has 2 atom stereocenters. The van der Waals surface area contributed by atoms with Gasteiger partial charge in [-0.3, -0.25) is 14.9 Å². The van der Waals surface area contributed by atoms with E-state index >= 15 is 0 Å². The molecule has 7 nitrogen and oxygen atoms in total. The molecule has 8 heteroatoms. The second-order valence-corrected chi connectivity index (χ2v) is 9.08. The fourth-order valence-corrected chi connectivity index (χ4v) is 3.43. The molecule has 2 aliphatic rings. The van der Waals surface area contributed by atoms with Crippen LogP contribution in [0.4, 0.5) is 5.13 Å². The number of nitrogens with one attached hydrogen (secondary N) is 3. The lowest BCUT2D eigenvalue weighted by Crippen LogP contribution is -2.54. The second-order valence-electron chi connectivity index (χ2n) is 8.10. The second kappa shape index (κ2) is 7.84. The van der Waals surface area contributed by atoms with Gasteiger partial charge in [-0.15, -0.1) is 10.2 Å². The lowest BCUT2D eigenvalue weighted by atomic mass is 9.98. The van der Waals surface area contributed by atoms with Gasteiger partial charge in [0.1, 0.15) is 5.01 Å². The first-order valence-corrected chi connectivity index (χ1v) is 10.00. The maximum Gasteiger partial charge on any atom is 0.249 e. The van der Waals surface area contributed by atoms with E-state index in [1.807, 2.05) is 0 Å². The number of carbonyl (C=O) groups is 2. The van der Waals surface area contributed by atoms with Crippen LogP contribution in [-0.2, 0) is 15.0 Å². The fraction of sp³-hybridized carbons (Fsp3) is 0.667. The fourth-order valence-electron chi connectivity index (χ4n) is 2.62. The van der Waals surface area contributed by atoms with Crippen LogP contribution >= 0.6 is 11.3 Å². The van der Waals surface area contributed by atoms with Gasteiger partial charge in [-0.1, -0.05) is 51.0 Å². The van der Waals surface area contributed by atoms with Gasteiger partial charge in [0.2, 0.25) is 16.9 Å². The molecule has 2 amide bonds. The molecule has 0 radical (unpaired) electrons. The van der Waals surface area contributed by atoms with Crippen LogP contribution in [0.5, 0.6) is 0 Å². The standard InChI is InChI=1S/C18H27N5O2S/c1-18(2,3)16-22-23-17(26-16)21-14(24)7-6-12(10-11-4-5-11)20-15(25)13-8-9-19-13/h6-7,11-13,19H,4-5,8-10H2,1-3H3,(H,20,25)(H,21,23,24)/b7-6+/t12?,13-/m0/s1. The molecular formula is C18H27N5O2S. The maximum atomic E-state index is 12.2. The molecule has 0 aromatic carbocycles. The predicted octanol–water partition coefficient (Wildman–Crippen LogP) is 1.98. The van der Waals surface area contributed by atoms with Crippen molar-refractivity contribution >= 4 is 28.3 Å². The average Bonchev–Trinajstić information content (AvgIpc) is 3.17. The summed E-state index contributed by atoms with van der Waals surface area (Å²) in [5.41, 5.74) is -0.0916. The molecule has 1 saturated heterocycles. The molecule has 3 rings (SSSR count). The van der Waals surface area contributed by atoms with E-state index in [-0.39, 0.29) is 29.3 Å². The summed E-state index contributed by atoms with van der Waals surface area (Å²) in [7, 11) is 0. The number of rotatable bonds is 7. The zero-order valence-electron chi connectivity index (χ0n) is 15.5. The third-order valence-corrected chi connectivity index (χ3v) is 5.79. The normalized spacial score (nSPS) is 21.3. The molecule has 1 aromatic rings. The maximum absolute atomic E-state index is 12.2. The highest BCUT2D eigenvalue weighted by atomic mass is 32.1. The van der Waals surface area contributed by atoms with E-state index in [4.69, 9.17) is 0 Å². The highest BCUT2D eigenvalue weighted by molar-refractivity contribution is 7.15.